The molecule has 0 spiro atoms. The molecule has 1 aliphatic heterocycles. The van der Waals surface area contributed by atoms with E-state index in [9.17, 15) is 4.39 Å². The summed E-state index contributed by atoms with van der Waals surface area (Å²) < 4.78 is 13.3. The molecule has 3 aromatic carbocycles. The average Bonchev–Trinajstić information content (AvgIpc) is 2.75. The Morgan fingerprint density at radius 3 is 2.26 bits per heavy atom. The van der Waals surface area contributed by atoms with Crippen LogP contribution in [0.2, 0.25) is 15.1 Å². The third kappa shape index (κ3) is 5.33. The molecular formula is C24H23Cl3FN3. The fraction of sp³-hybridized carbons (Fsp3) is 0.250. The molecule has 1 heterocycles. The second kappa shape index (κ2) is 9.76. The van der Waals surface area contributed by atoms with E-state index >= 15 is 0 Å². The molecule has 31 heavy (non-hydrogen) atoms. The molecule has 0 bridgehead atoms. The first-order valence-corrected chi connectivity index (χ1v) is 11.2. The van der Waals surface area contributed by atoms with E-state index in [1.165, 1.54) is 12.1 Å². The highest BCUT2D eigenvalue weighted by Crippen LogP contribution is 2.37. The molecule has 0 unspecified atom stereocenters. The maximum absolute atomic E-state index is 13.3. The zero-order valence-corrected chi connectivity index (χ0v) is 19.1. The number of halogens is 4. The molecule has 2 N–H and O–H groups in total. The number of hydrogen-bond donors (Lipinski definition) is 1. The highest BCUT2D eigenvalue weighted by molar-refractivity contribution is 6.36. The van der Waals surface area contributed by atoms with Gasteiger partial charge in [-0.25, -0.2) is 4.39 Å². The van der Waals surface area contributed by atoms with Gasteiger partial charge in [0.15, 0.2) is 0 Å². The van der Waals surface area contributed by atoms with E-state index in [1.54, 1.807) is 18.2 Å². The first kappa shape index (κ1) is 22.4. The van der Waals surface area contributed by atoms with E-state index in [0.717, 1.165) is 36.4 Å². The molecule has 0 amide bonds. The van der Waals surface area contributed by atoms with E-state index in [0.29, 0.717) is 21.6 Å². The summed E-state index contributed by atoms with van der Waals surface area (Å²) in [5, 5.41) is 1.94. The first-order valence-electron chi connectivity index (χ1n) is 10.1. The molecule has 2 atom stereocenters. The van der Waals surface area contributed by atoms with Crippen LogP contribution in [0.15, 0.2) is 66.7 Å². The van der Waals surface area contributed by atoms with Crippen LogP contribution in [-0.2, 0) is 0 Å². The summed E-state index contributed by atoms with van der Waals surface area (Å²) in [6.45, 7) is 3.07. The van der Waals surface area contributed by atoms with E-state index in [4.69, 9.17) is 40.5 Å². The van der Waals surface area contributed by atoms with Gasteiger partial charge in [-0.2, -0.15) is 0 Å². The monoisotopic (exact) mass is 477 g/mol. The predicted molar refractivity (Wildman–Crippen MR) is 128 cm³/mol. The lowest BCUT2D eigenvalue weighted by molar-refractivity contribution is 0.211. The molecule has 4 rings (SSSR count). The van der Waals surface area contributed by atoms with Gasteiger partial charge in [0, 0.05) is 42.3 Å². The van der Waals surface area contributed by atoms with Crippen LogP contribution in [0.3, 0.4) is 0 Å². The second-order valence-electron chi connectivity index (χ2n) is 7.77. The zero-order valence-electron chi connectivity index (χ0n) is 16.8. The summed E-state index contributed by atoms with van der Waals surface area (Å²) >= 11 is 18.8. The van der Waals surface area contributed by atoms with Gasteiger partial charge in [-0.3, -0.25) is 4.90 Å². The summed E-state index contributed by atoms with van der Waals surface area (Å²) in [6.07, 6.45) is 0. The topological polar surface area (TPSA) is 32.5 Å². The minimum atomic E-state index is -0.257. The minimum absolute atomic E-state index is 0.0742. The number of nitrogens with two attached hydrogens (primary N) is 1. The quantitative estimate of drug-likeness (QED) is 0.464. The Morgan fingerprint density at radius 2 is 1.58 bits per heavy atom. The highest BCUT2D eigenvalue weighted by atomic mass is 35.5. The third-order valence-electron chi connectivity index (χ3n) is 5.69. The van der Waals surface area contributed by atoms with Crippen molar-refractivity contribution in [2.75, 3.05) is 31.1 Å². The Hall–Kier alpha value is -1.82. The Morgan fingerprint density at radius 1 is 0.903 bits per heavy atom. The smallest absolute Gasteiger partial charge is 0.123 e. The van der Waals surface area contributed by atoms with Crippen LogP contribution in [0.4, 0.5) is 10.1 Å². The van der Waals surface area contributed by atoms with Gasteiger partial charge in [0.05, 0.1) is 16.8 Å². The van der Waals surface area contributed by atoms with Crippen LogP contribution in [0, 0.1) is 5.82 Å². The fourth-order valence-corrected chi connectivity index (χ4v) is 4.71. The van der Waals surface area contributed by atoms with Crippen LogP contribution in [0.25, 0.3) is 0 Å². The van der Waals surface area contributed by atoms with Gasteiger partial charge in [-0.1, -0.05) is 59.1 Å². The van der Waals surface area contributed by atoms with Gasteiger partial charge in [0.2, 0.25) is 0 Å². The van der Waals surface area contributed by atoms with Crippen molar-refractivity contribution in [1.82, 2.24) is 4.90 Å². The molecule has 0 aromatic heterocycles. The molecule has 0 saturated carbocycles. The fourth-order valence-electron chi connectivity index (χ4n) is 4.07. The standard InChI is InChI=1S/C24H23Cl3FN3/c25-18-5-1-17(2-6-18)24-15-30(14-22(29)16-3-8-20(28)9-4-16)11-12-31(24)23-10-7-19(26)13-21(23)27/h1-10,13,22,24H,11-12,14-15,29H2/t22-,24-/m0/s1. The Kier molecular flexibility index (Phi) is 7.05. The van der Waals surface area contributed by atoms with Gasteiger partial charge in [0.1, 0.15) is 5.82 Å². The highest BCUT2D eigenvalue weighted by Gasteiger charge is 2.30. The van der Waals surface area contributed by atoms with E-state index < -0.39 is 0 Å². The summed E-state index contributed by atoms with van der Waals surface area (Å²) in [6, 6.07) is 19.8. The number of nitrogens with zero attached hydrogens (tertiary/aromatic N) is 2. The largest absolute Gasteiger partial charge is 0.361 e. The first-order chi connectivity index (χ1) is 14.9. The van der Waals surface area contributed by atoms with Gasteiger partial charge >= 0.3 is 0 Å². The molecule has 1 aliphatic rings. The molecular weight excluding hydrogens is 456 g/mol. The van der Waals surface area contributed by atoms with Crippen molar-refractivity contribution >= 4 is 40.5 Å². The lowest BCUT2D eigenvalue weighted by Gasteiger charge is -2.44. The second-order valence-corrected chi connectivity index (χ2v) is 9.05. The maximum Gasteiger partial charge on any atom is 0.123 e. The number of anilines is 1. The minimum Gasteiger partial charge on any atom is -0.361 e. The molecule has 1 fully saturated rings. The SMILES string of the molecule is N[C@@H](CN1CCN(c2ccc(Cl)cc2Cl)[C@H](c2ccc(Cl)cc2)C1)c1ccc(F)cc1. The average molecular weight is 479 g/mol. The van der Waals surface area contributed by atoms with Crippen molar-refractivity contribution in [1.29, 1.82) is 0 Å². The van der Waals surface area contributed by atoms with Crippen LogP contribution >= 0.6 is 34.8 Å². The summed E-state index contributed by atoms with van der Waals surface area (Å²) in [5.41, 5.74) is 9.46. The van der Waals surface area contributed by atoms with Crippen molar-refractivity contribution in [3.8, 4) is 0 Å². The predicted octanol–water partition coefficient (Wildman–Crippen LogP) is 6.35. The van der Waals surface area contributed by atoms with Crippen molar-refractivity contribution in [3.63, 3.8) is 0 Å². The number of hydrogen-bond acceptors (Lipinski definition) is 3. The van der Waals surface area contributed by atoms with Crippen molar-refractivity contribution in [3.05, 3.63) is 98.7 Å². The maximum atomic E-state index is 13.3. The lowest BCUT2D eigenvalue weighted by Crippen LogP contribution is -2.50. The van der Waals surface area contributed by atoms with Crippen molar-refractivity contribution in [2.24, 2.45) is 5.73 Å². The lowest BCUT2D eigenvalue weighted by atomic mass is 10.00. The van der Waals surface area contributed by atoms with Gasteiger partial charge in [0.25, 0.3) is 0 Å². The van der Waals surface area contributed by atoms with E-state index in [1.807, 2.05) is 36.4 Å². The normalized spacial score (nSPS) is 18.2. The summed E-state index contributed by atoms with van der Waals surface area (Å²) in [5.74, 6) is -0.257. The van der Waals surface area contributed by atoms with Crippen LogP contribution in [-0.4, -0.2) is 31.1 Å². The molecule has 1 saturated heterocycles. The zero-order chi connectivity index (χ0) is 22.0. The molecule has 162 valence electrons. The van der Waals surface area contributed by atoms with Crippen molar-refractivity contribution < 1.29 is 4.39 Å². The third-order valence-corrected chi connectivity index (χ3v) is 6.48. The van der Waals surface area contributed by atoms with Gasteiger partial charge < -0.3 is 10.6 Å². The molecule has 3 nitrogen and oxygen atoms in total. The molecule has 7 heteroatoms. The van der Waals surface area contributed by atoms with E-state index in [-0.39, 0.29) is 17.9 Å². The Bertz CT molecular complexity index is 1030. The Balaban J connectivity index is 1.58. The van der Waals surface area contributed by atoms with Crippen LogP contribution in [0.5, 0.6) is 0 Å². The van der Waals surface area contributed by atoms with Crippen molar-refractivity contribution in [2.45, 2.75) is 12.1 Å². The Labute approximate surface area is 197 Å². The number of rotatable bonds is 5. The van der Waals surface area contributed by atoms with Crippen LogP contribution in [0.1, 0.15) is 23.2 Å². The van der Waals surface area contributed by atoms with Crippen LogP contribution < -0.4 is 10.6 Å². The number of piperazine rings is 1. The molecule has 3 aromatic rings. The number of benzene rings is 3. The van der Waals surface area contributed by atoms with Gasteiger partial charge in [-0.15, -0.1) is 0 Å². The van der Waals surface area contributed by atoms with Gasteiger partial charge in [-0.05, 0) is 53.6 Å². The summed E-state index contributed by atoms with van der Waals surface area (Å²) in [7, 11) is 0. The summed E-state index contributed by atoms with van der Waals surface area (Å²) in [4.78, 5) is 4.65. The molecule has 0 radical (unpaired) electrons. The van der Waals surface area contributed by atoms with E-state index in [2.05, 4.69) is 9.80 Å². The molecule has 0 aliphatic carbocycles.